The van der Waals surface area contributed by atoms with E-state index in [0.717, 1.165) is 17.2 Å². The summed E-state index contributed by atoms with van der Waals surface area (Å²) in [5, 5.41) is 12.9. The zero-order valence-electron chi connectivity index (χ0n) is 9.69. The van der Waals surface area contributed by atoms with Crippen molar-refractivity contribution in [2.45, 2.75) is 20.3 Å². The topological polar surface area (TPSA) is 61.6 Å². The van der Waals surface area contributed by atoms with Gasteiger partial charge in [-0.2, -0.15) is 5.26 Å². The van der Waals surface area contributed by atoms with E-state index in [9.17, 15) is 0 Å². The highest BCUT2D eigenvalue weighted by Gasteiger charge is 2.08. The first-order chi connectivity index (χ1) is 8.24. The van der Waals surface area contributed by atoms with Crippen LogP contribution in [0, 0.1) is 18.3 Å². The summed E-state index contributed by atoms with van der Waals surface area (Å²) < 4.78 is 0. The fourth-order valence-corrected chi connectivity index (χ4v) is 2.43. The largest absolute Gasteiger partial charge is 0.329 e. The highest BCUT2D eigenvalue weighted by molar-refractivity contribution is 7.15. The number of hydrogen-bond donors (Lipinski definition) is 1. The van der Waals surface area contributed by atoms with Crippen LogP contribution in [-0.2, 0) is 6.42 Å². The first kappa shape index (κ1) is 11.6. The molecule has 0 spiro atoms. The van der Waals surface area contributed by atoms with Gasteiger partial charge in [0, 0.05) is 11.1 Å². The summed E-state index contributed by atoms with van der Waals surface area (Å²) in [6.07, 6.45) is 2.52. The summed E-state index contributed by atoms with van der Waals surface area (Å²) >= 11 is 1.59. The lowest BCUT2D eigenvalue weighted by molar-refractivity contribution is 1.05. The van der Waals surface area contributed by atoms with Gasteiger partial charge >= 0.3 is 0 Å². The van der Waals surface area contributed by atoms with Crippen LogP contribution >= 0.6 is 11.3 Å². The van der Waals surface area contributed by atoms with Crippen molar-refractivity contribution in [2.24, 2.45) is 0 Å². The van der Waals surface area contributed by atoms with Gasteiger partial charge < -0.3 is 5.32 Å². The Kier molecular flexibility index (Phi) is 3.35. The van der Waals surface area contributed by atoms with Crippen molar-refractivity contribution in [3.05, 3.63) is 34.6 Å². The Balaban J connectivity index is 2.29. The monoisotopic (exact) mass is 244 g/mol. The second-order valence-corrected chi connectivity index (χ2v) is 4.72. The minimum Gasteiger partial charge on any atom is -0.329 e. The molecule has 17 heavy (non-hydrogen) atoms. The van der Waals surface area contributed by atoms with E-state index >= 15 is 0 Å². The van der Waals surface area contributed by atoms with E-state index in [2.05, 4.69) is 35.2 Å². The molecule has 0 bridgehead atoms. The van der Waals surface area contributed by atoms with Crippen LogP contribution in [0.3, 0.4) is 0 Å². The molecule has 2 aromatic rings. The second-order valence-electron chi connectivity index (χ2n) is 3.51. The number of nitrogens with zero attached hydrogens (tertiary/aromatic N) is 3. The number of rotatable bonds is 3. The number of nitriles is 1. The second kappa shape index (κ2) is 4.93. The minimum atomic E-state index is 0.387. The van der Waals surface area contributed by atoms with Gasteiger partial charge in [-0.25, -0.2) is 9.97 Å². The molecular weight excluding hydrogens is 232 g/mol. The van der Waals surface area contributed by atoms with Crippen LogP contribution in [0.5, 0.6) is 0 Å². The van der Waals surface area contributed by atoms with Gasteiger partial charge in [-0.3, -0.25) is 0 Å². The van der Waals surface area contributed by atoms with Crippen LogP contribution < -0.4 is 5.32 Å². The van der Waals surface area contributed by atoms with E-state index in [-0.39, 0.29) is 0 Å². The number of anilines is 2. The van der Waals surface area contributed by atoms with Crippen molar-refractivity contribution in [3.63, 3.8) is 0 Å². The van der Waals surface area contributed by atoms with Gasteiger partial charge in [-0.05, 0) is 25.5 Å². The van der Waals surface area contributed by atoms with Crippen LogP contribution in [0.15, 0.2) is 18.3 Å². The molecular formula is C12H12N4S. The van der Waals surface area contributed by atoms with Gasteiger partial charge in [0.1, 0.15) is 6.07 Å². The Morgan fingerprint density at radius 1 is 1.53 bits per heavy atom. The van der Waals surface area contributed by atoms with Crippen molar-refractivity contribution >= 4 is 22.2 Å². The molecule has 1 N–H and O–H groups in total. The van der Waals surface area contributed by atoms with Crippen molar-refractivity contribution in [3.8, 4) is 6.07 Å². The smallest absolute Gasteiger partial charge is 0.187 e. The molecule has 0 amide bonds. The van der Waals surface area contributed by atoms with E-state index in [1.165, 1.54) is 4.88 Å². The summed E-state index contributed by atoms with van der Waals surface area (Å²) in [6.45, 7) is 4.13. The number of hydrogen-bond acceptors (Lipinski definition) is 5. The molecule has 2 heterocycles. The fraction of sp³-hybridized carbons (Fsp3) is 0.250. The Morgan fingerprint density at radius 3 is 3.00 bits per heavy atom. The van der Waals surface area contributed by atoms with Gasteiger partial charge in [0.2, 0.25) is 0 Å². The van der Waals surface area contributed by atoms with E-state index in [0.29, 0.717) is 11.4 Å². The molecule has 0 aliphatic heterocycles. The number of nitrogens with one attached hydrogen (secondary N) is 1. The molecule has 0 saturated carbocycles. The predicted octanol–water partition coefficient (Wildman–Crippen LogP) is 3.02. The first-order valence-corrected chi connectivity index (χ1v) is 6.14. The van der Waals surface area contributed by atoms with Crippen molar-refractivity contribution in [1.29, 1.82) is 5.26 Å². The average Bonchev–Trinajstić information content (AvgIpc) is 2.70. The van der Waals surface area contributed by atoms with Gasteiger partial charge in [0.05, 0.1) is 11.4 Å². The lowest BCUT2D eigenvalue weighted by Crippen LogP contribution is -1.95. The third kappa shape index (κ3) is 2.43. The van der Waals surface area contributed by atoms with Gasteiger partial charge in [0.15, 0.2) is 10.8 Å². The zero-order valence-corrected chi connectivity index (χ0v) is 10.5. The molecule has 0 fully saturated rings. The summed E-state index contributed by atoms with van der Waals surface area (Å²) in [5.74, 6) is 0. The molecule has 2 rings (SSSR count). The van der Waals surface area contributed by atoms with Crippen LogP contribution in [-0.4, -0.2) is 9.97 Å². The molecule has 0 unspecified atom stereocenters. The van der Waals surface area contributed by atoms with E-state index in [1.807, 2.05) is 6.07 Å². The van der Waals surface area contributed by atoms with Crippen molar-refractivity contribution in [1.82, 2.24) is 9.97 Å². The molecule has 0 aliphatic carbocycles. The molecule has 0 aromatic carbocycles. The highest BCUT2D eigenvalue weighted by Crippen LogP contribution is 2.26. The third-order valence-electron chi connectivity index (χ3n) is 2.38. The van der Waals surface area contributed by atoms with Crippen LogP contribution in [0.1, 0.15) is 23.2 Å². The maximum Gasteiger partial charge on any atom is 0.187 e. The summed E-state index contributed by atoms with van der Waals surface area (Å²) in [7, 11) is 0. The molecule has 4 nitrogen and oxygen atoms in total. The van der Waals surface area contributed by atoms with Crippen LogP contribution in [0.25, 0.3) is 0 Å². The van der Waals surface area contributed by atoms with E-state index < -0.39 is 0 Å². The number of aromatic nitrogens is 2. The first-order valence-electron chi connectivity index (χ1n) is 5.33. The molecule has 2 aromatic heterocycles. The Morgan fingerprint density at radius 2 is 2.35 bits per heavy atom. The van der Waals surface area contributed by atoms with Crippen molar-refractivity contribution in [2.75, 3.05) is 5.32 Å². The Labute approximate surface area is 104 Å². The maximum absolute atomic E-state index is 8.93. The quantitative estimate of drug-likeness (QED) is 0.901. The fourth-order valence-electron chi connectivity index (χ4n) is 1.52. The summed E-state index contributed by atoms with van der Waals surface area (Å²) in [6, 6.07) is 5.68. The molecule has 86 valence electrons. The zero-order chi connectivity index (χ0) is 12.3. The summed E-state index contributed by atoms with van der Waals surface area (Å²) in [4.78, 5) is 9.67. The standard InChI is InChI=1S/C12H12N4S/c1-3-9-8(2)17-12(15-9)16-10-5-4-6-14-11(10)7-13/h4-6H,3H2,1-2H3,(H,15,16). The lowest BCUT2D eigenvalue weighted by atomic mass is 10.3. The third-order valence-corrected chi connectivity index (χ3v) is 3.31. The predicted molar refractivity (Wildman–Crippen MR) is 68.5 cm³/mol. The van der Waals surface area contributed by atoms with Gasteiger partial charge in [-0.15, -0.1) is 11.3 Å². The van der Waals surface area contributed by atoms with E-state index in [1.54, 1.807) is 23.6 Å². The van der Waals surface area contributed by atoms with Crippen molar-refractivity contribution < 1.29 is 0 Å². The number of aryl methyl sites for hydroxylation is 2. The molecule has 5 heteroatoms. The molecule has 0 aliphatic rings. The van der Waals surface area contributed by atoms with Gasteiger partial charge in [0.25, 0.3) is 0 Å². The molecule has 0 saturated heterocycles. The van der Waals surface area contributed by atoms with Gasteiger partial charge in [-0.1, -0.05) is 6.92 Å². The maximum atomic E-state index is 8.93. The molecule has 0 radical (unpaired) electrons. The van der Waals surface area contributed by atoms with Crippen LogP contribution in [0.2, 0.25) is 0 Å². The highest BCUT2D eigenvalue weighted by atomic mass is 32.1. The summed E-state index contributed by atoms with van der Waals surface area (Å²) in [5.41, 5.74) is 2.18. The SMILES string of the molecule is CCc1nc(Nc2cccnc2C#N)sc1C. The lowest BCUT2D eigenvalue weighted by Gasteiger charge is -2.02. The minimum absolute atomic E-state index is 0.387. The number of pyridine rings is 1. The average molecular weight is 244 g/mol. The number of thiazole rings is 1. The van der Waals surface area contributed by atoms with Crippen LogP contribution in [0.4, 0.5) is 10.8 Å². The molecule has 0 atom stereocenters. The Bertz CT molecular complexity index is 568. The van der Waals surface area contributed by atoms with E-state index in [4.69, 9.17) is 5.26 Å². The Hall–Kier alpha value is -1.93. The normalized spacial score (nSPS) is 9.94.